The number of pyridine rings is 1. The molecule has 0 amide bonds. The van der Waals surface area contributed by atoms with E-state index in [1.807, 2.05) is 29.1 Å². The number of aromatic amines is 1. The molecule has 4 aromatic rings. The fraction of sp³-hybridized carbons (Fsp3) is 0.130. The molecule has 3 aromatic heterocycles. The minimum Gasteiger partial charge on any atom is -0.468 e. The van der Waals surface area contributed by atoms with Gasteiger partial charge in [0.2, 0.25) is 0 Å². The van der Waals surface area contributed by atoms with Crippen LogP contribution in [-0.2, 0) is 9.53 Å². The van der Waals surface area contributed by atoms with Crippen LogP contribution in [0.2, 0.25) is 5.02 Å². The van der Waals surface area contributed by atoms with E-state index in [0.29, 0.717) is 5.02 Å². The number of nitrogens with one attached hydrogen (secondary N) is 1. The van der Waals surface area contributed by atoms with Gasteiger partial charge in [-0.05, 0) is 29.1 Å². The van der Waals surface area contributed by atoms with Crippen molar-refractivity contribution in [3.8, 4) is 11.1 Å². The van der Waals surface area contributed by atoms with Crippen LogP contribution in [0, 0.1) is 5.92 Å². The lowest BCUT2D eigenvalue weighted by molar-refractivity contribution is -0.144. The number of aromatic nitrogens is 3. The molecule has 0 radical (unpaired) electrons. The highest BCUT2D eigenvalue weighted by Crippen LogP contribution is 2.34. The second-order valence-corrected chi connectivity index (χ2v) is 7.20. The minimum absolute atomic E-state index is 0.313. The Bertz CT molecular complexity index is 1240. The molecule has 5 nitrogen and oxygen atoms in total. The molecule has 0 saturated heterocycles. The summed E-state index contributed by atoms with van der Waals surface area (Å²) in [7, 11) is 1.38. The Morgan fingerprint density at radius 2 is 2.10 bits per heavy atom. The number of carbonyl (C=O) groups is 1. The molecular weight excluding hydrogens is 386 g/mol. The average molecular weight is 406 g/mol. The van der Waals surface area contributed by atoms with Gasteiger partial charge in [0.25, 0.3) is 0 Å². The lowest BCUT2D eigenvalue weighted by atomic mass is 9.99. The Morgan fingerprint density at radius 1 is 1.28 bits per heavy atom. The summed E-state index contributed by atoms with van der Waals surface area (Å²) >= 11 is 6.15. The highest BCUT2D eigenvalue weighted by molar-refractivity contribution is 6.31. The number of hydrogen-bond acceptors (Lipinski definition) is 3. The van der Waals surface area contributed by atoms with Crippen molar-refractivity contribution in [2.24, 2.45) is 5.92 Å². The molecule has 0 aliphatic rings. The molecule has 29 heavy (non-hydrogen) atoms. The fourth-order valence-electron chi connectivity index (χ4n) is 3.74. The molecule has 2 atom stereocenters. The normalized spacial score (nSPS) is 13.3. The molecule has 0 aliphatic heterocycles. The molecule has 3 heterocycles. The highest BCUT2D eigenvalue weighted by Gasteiger charge is 2.26. The summed E-state index contributed by atoms with van der Waals surface area (Å²) in [5.74, 6) is -0.881. The maximum Gasteiger partial charge on any atom is 0.314 e. The summed E-state index contributed by atoms with van der Waals surface area (Å²) in [6.45, 7) is 7.73. The van der Waals surface area contributed by atoms with Gasteiger partial charge >= 0.3 is 5.97 Å². The molecule has 1 aromatic carbocycles. The van der Waals surface area contributed by atoms with Gasteiger partial charge in [0, 0.05) is 35.1 Å². The lowest BCUT2D eigenvalue weighted by Crippen LogP contribution is -2.24. The van der Waals surface area contributed by atoms with Gasteiger partial charge in [-0.15, -0.1) is 13.2 Å². The van der Waals surface area contributed by atoms with Gasteiger partial charge in [0.1, 0.15) is 5.65 Å². The van der Waals surface area contributed by atoms with E-state index < -0.39 is 5.92 Å². The Balaban J connectivity index is 1.86. The fourth-order valence-corrected chi connectivity index (χ4v) is 3.90. The molecule has 0 unspecified atom stereocenters. The minimum atomic E-state index is -0.534. The number of carbonyl (C=O) groups excluding carboxylic acids is 1. The number of ether oxygens (including phenoxy) is 1. The van der Waals surface area contributed by atoms with Crippen molar-refractivity contribution in [2.75, 3.05) is 7.11 Å². The van der Waals surface area contributed by atoms with E-state index in [1.165, 1.54) is 7.11 Å². The number of rotatable bonds is 6. The second-order valence-electron chi connectivity index (χ2n) is 6.76. The van der Waals surface area contributed by atoms with E-state index in [0.717, 1.165) is 33.1 Å². The maximum atomic E-state index is 12.2. The Labute approximate surface area is 173 Å². The smallest absolute Gasteiger partial charge is 0.314 e. The van der Waals surface area contributed by atoms with Crippen LogP contribution in [0.4, 0.5) is 0 Å². The zero-order chi connectivity index (χ0) is 20.5. The van der Waals surface area contributed by atoms with E-state index in [9.17, 15) is 4.79 Å². The molecule has 0 bridgehead atoms. The standard InChI is InChI=1S/C23H20ClN3O2/c1-4-17(23(28)29-3)20(5-2)27-9-8-14-6-7-15(10-21(14)27)19-13-26-22-18(19)11-16(24)12-25-22/h4-13,17,20H,1-2H2,3H3,(H,25,26)/t17-,20-/m1/s1. The summed E-state index contributed by atoms with van der Waals surface area (Å²) in [6, 6.07) is 9.81. The predicted octanol–water partition coefficient (Wildman–Crippen LogP) is 5.54. The van der Waals surface area contributed by atoms with Gasteiger partial charge < -0.3 is 14.3 Å². The Morgan fingerprint density at radius 3 is 2.83 bits per heavy atom. The van der Waals surface area contributed by atoms with Crippen molar-refractivity contribution in [1.82, 2.24) is 14.5 Å². The van der Waals surface area contributed by atoms with Crippen LogP contribution in [0.1, 0.15) is 6.04 Å². The Kier molecular flexibility index (Phi) is 4.99. The maximum absolute atomic E-state index is 12.2. The SMILES string of the molecule is C=C[C@H]([C@@H](C=C)C(=O)OC)n1ccc2ccc(-c3c[nH]c4ncc(Cl)cc34)cc21. The number of esters is 1. The third kappa shape index (κ3) is 3.23. The zero-order valence-electron chi connectivity index (χ0n) is 15.9. The average Bonchev–Trinajstić information content (AvgIpc) is 3.34. The van der Waals surface area contributed by atoms with Crippen LogP contribution in [0.3, 0.4) is 0 Å². The molecule has 4 rings (SSSR count). The molecular formula is C23H20ClN3O2. The molecule has 0 aliphatic carbocycles. The Hall–Kier alpha value is -3.31. The number of H-pyrrole nitrogens is 1. The van der Waals surface area contributed by atoms with Crippen molar-refractivity contribution in [3.63, 3.8) is 0 Å². The number of methoxy groups -OCH3 is 1. The van der Waals surface area contributed by atoms with Crippen molar-refractivity contribution >= 4 is 39.5 Å². The largest absolute Gasteiger partial charge is 0.468 e. The van der Waals surface area contributed by atoms with Crippen molar-refractivity contribution in [2.45, 2.75) is 6.04 Å². The predicted molar refractivity (Wildman–Crippen MR) is 117 cm³/mol. The van der Waals surface area contributed by atoms with Crippen LogP contribution in [0.15, 0.2) is 74.2 Å². The third-order valence-electron chi connectivity index (χ3n) is 5.19. The quantitative estimate of drug-likeness (QED) is 0.338. The summed E-state index contributed by atoms with van der Waals surface area (Å²) in [6.07, 6.45) is 8.84. The number of nitrogens with zero attached hydrogens (tertiary/aromatic N) is 2. The summed E-state index contributed by atoms with van der Waals surface area (Å²) in [5.41, 5.74) is 3.78. The molecule has 6 heteroatoms. The molecule has 0 fully saturated rings. The first-order valence-corrected chi connectivity index (χ1v) is 9.51. The first-order valence-electron chi connectivity index (χ1n) is 9.14. The van der Waals surface area contributed by atoms with E-state index in [2.05, 4.69) is 41.3 Å². The van der Waals surface area contributed by atoms with Gasteiger partial charge in [-0.2, -0.15) is 0 Å². The first-order chi connectivity index (χ1) is 14.1. The number of fused-ring (bicyclic) bond motifs is 2. The van der Waals surface area contributed by atoms with Crippen molar-refractivity contribution in [1.29, 1.82) is 0 Å². The van der Waals surface area contributed by atoms with Crippen molar-refractivity contribution < 1.29 is 9.53 Å². The first kappa shape index (κ1) is 19.0. The molecule has 1 N–H and O–H groups in total. The van der Waals surface area contributed by atoms with E-state index in [1.54, 1.807) is 18.3 Å². The van der Waals surface area contributed by atoms with Gasteiger partial charge in [-0.25, -0.2) is 4.98 Å². The highest BCUT2D eigenvalue weighted by atomic mass is 35.5. The zero-order valence-corrected chi connectivity index (χ0v) is 16.7. The van der Waals surface area contributed by atoms with Gasteiger partial charge in [0.15, 0.2) is 0 Å². The molecule has 0 saturated carbocycles. The van der Waals surface area contributed by atoms with Crippen LogP contribution >= 0.6 is 11.6 Å². The number of hydrogen-bond donors (Lipinski definition) is 1. The van der Waals surface area contributed by atoms with Gasteiger partial charge in [0.05, 0.1) is 24.1 Å². The van der Waals surface area contributed by atoms with Crippen LogP contribution < -0.4 is 0 Å². The summed E-state index contributed by atoms with van der Waals surface area (Å²) in [5, 5.41) is 2.60. The summed E-state index contributed by atoms with van der Waals surface area (Å²) in [4.78, 5) is 19.7. The number of benzene rings is 1. The van der Waals surface area contributed by atoms with Crippen molar-refractivity contribution in [3.05, 3.63) is 79.3 Å². The van der Waals surface area contributed by atoms with E-state index in [4.69, 9.17) is 16.3 Å². The van der Waals surface area contributed by atoms with Crippen LogP contribution in [-0.4, -0.2) is 27.6 Å². The van der Waals surface area contributed by atoms with Crippen LogP contribution in [0.5, 0.6) is 0 Å². The van der Waals surface area contributed by atoms with Gasteiger partial charge in [-0.1, -0.05) is 35.9 Å². The van der Waals surface area contributed by atoms with E-state index >= 15 is 0 Å². The topological polar surface area (TPSA) is 59.9 Å². The van der Waals surface area contributed by atoms with E-state index in [-0.39, 0.29) is 12.0 Å². The number of allylic oxidation sites excluding steroid dienone is 1. The van der Waals surface area contributed by atoms with Crippen LogP contribution in [0.25, 0.3) is 33.1 Å². The molecule has 146 valence electrons. The lowest BCUT2D eigenvalue weighted by Gasteiger charge is -2.22. The summed E-state index contributed by atoms with van der Waals surface area (Å²) < 4.78 is 6.97. The van der Waals surface area contributed by atoms with Gasteiger partial charge in [-0.3, -0.25) is 4.79 Å². The number of halogens is 1. The second kappa shape index (κ2) is 7.60. The molecule has 0 spiro atoms. The monoisotopic (exact) mass is 405 g/mol. The third-order valence-corrected chi connectivity index (χ3v) is 5.40.